The van der Waals surface area contributed by atoms with Gasteiger partial charge < -0.3 is 4.74 Å². The van der Waals surface area contributed by atoms with Crippen LogP contribution in [0.2, 0.25) is 0 Å². The second-order valence-electron chi connectivity index (χ2n) is 1.96. The molecule has 0 saturated heterocycles. The molecule has 0 N–H and O–H groups in total. The molecule has 0 aromatic carbocycles. The van der Waals surface area contributed by atoms with Gasteiger partial charge in [-0.05, 0) is 12.2 Å². The van der Waals surface area contributed by atoms with E-state index in [-0.39, 0.29) is 0 Å². The normalized spacial score (nSPS) is 12.6. The zero-order chi connectivity index (χ0) is 8.74. The Morgan fingerprint density at radius 3 is 2.64 bits per heavy atom. The van der Waals surface area contributed by atoms with Crippen LogP contribution >= 0.6 is 27.2 Å². The zero-order valence-corrected chi connectivity index (χ0v) is 9.52. The van der Waals surface area contributed by atoms with Crippen molar-refractivity contribution < 1.29 is 4.74 Å². The van der Waals surface area contributed by atoms with Crippen molar-refractivity contribution in [3.8, 4) is 0 Å². The Balaban J connectivity index is 3.38. The summed E-state index contributed by atoms with van der Waals surface area (Å²) in [5.41, 5.74) is 0. The molecular weight excluding hydrogens is 222 g/mol. The van der Waals surface area contributed by atoms with Crippen molar-refractivity contribution in [2.24, 2.45) is 0 Å². The van der Waals surface area contributed by atoms with Gasteiger partial charge in [0.1, 0.15) is 4.74 Å². The molecule has 0 heterocycles. The molecule has 0 aliphatic carbocycles. The lowest BCUT2D eigenvalue weighted by Gasteiger charge is -1.97. The van der Waals surface area contributed by atoms with Crippen LogP contribution in [0.5, 0.6) is 0 Å². The molecule has 0 amide bonds. The predicted molar refractivity (Wildman–Crippen MR) is 56.2 cm³/mol. The highest BCUT2D eigenvalue weighted by molar-refractivity contribution is 8.40. The molecule has 0 rings (SSSR count). The van der Waals surface area contributed by atoms with Crippen LogP contribution in [-0.4, -0.2) is 13.2 Å². The first kappa shape index (κ1) is 11.9. The highest BCUT2D eigenvalue weighted by Crippen LogP contribution is 2.58. The summed E-state index contributed by atoms with van der Waals surface area (Å²) >= 11 is 16.0. The van der Waals surface area contributed by atoms with Gasteiger partial charge >= 0.3 is 0 Å². The first-order chi connectivity index (χ1) is 5.06. The molecule has 0 radical (unpaired) electrons. The fourth-order valence-electron chi connectivity index (χ4n) is 0.461. The third kappa shape index (κ3) is 10.9. The van der Waals surface area contributed by atoms with Crippen LogP contribution in [0.15, 0.2) is 11.9 Å². The highest BCUT2D eigenvalue weighted by Gasteiger charge is 1.99. The first-order valence-electron chi connectivity index (χ1n) is 3.30. The molecule has 0 aliphatic rings. The number of hydrogen-bond acceptors (Lipinski definition) is 2. The van der Waals surface area contributed by atoms with E-state index in [9.17, 15) is 0 Å². The SMILES string of the molecule is CCCOCC=CP(=S)(Cl)Cl. The average Bonchev–Trinajstić information content (AvgIpc) is 1.85. The Labute approximate surface area is 82.3 Å². The summed E-state index contributed by atoms with van der Waals surface area (Å²) in [6.07, 6.45) is 2.79. The quantitative estimate of drug-likeness (QED) is 0.528. The summed E-state index contributed by atoms with van der Waals surface area (Å²) < 4.78 is 2.95. The Morgan fingerprint density at radius 1 is 1.55 bits per heavy atom. The fourth-order valence-corrected chi connectivity index (χ4v) is 1.53. The number of hydrogen-bond donors (Lipinski definition) is 0. The van der Waals surface area contributed by atoms with E-state index in [0.29, 0.717) is 6.61 Å². The molecular formula is C6H11Cl2OPS. The Bertz CT molecular complexity index is 166. The van der Waals surface area contributed by atoms with Gasteiger partial charge in [0.2, 0.25) is 0 Å². The summed E-state index contributed by atoms with van der Waals surface area (Å²) in [4.78, 5) is 0. The molecule has 0 saturated carbocycles. The van der Waals surface area contributed by atoms with Gasteiger partial charge in [-0.3, -0.25) is 0 Å². The Hall–Kier alpha value is 0.930. The van der Waals surface area contributed by atoms with E-state index in [4.69, 9.17) is 39.0 Å². The standard InChI is InChI=1S/C6H11Cl2OPS/c1-2-4-9-5-3-6-10(7,8)11/h3,6H,2,4-5H2,1H3. The lowest BCUT2D eigenvalue weighted by molar-refractivity contribution is 0.163. The summed E-state index contributed by atoms with van der Waals surface area (Å²) in [5, 5.41) is 0. The summed E-state index contributed by atoms with van der Waals surface area (Å²) in [6, 6.07) is 0. The van der Waals surface area contributed by atoms with Crippen LogP contribution in [0.1, 0.15) is 13.3 Å². The van der Waals surface area contributed by atoms with E-state index in [1.54, 1.807) is 11.9 Å². The molecule has 0 aliphatic heterocycles. The second-order valence-corrected chi connectivity index (χ2v) is 9.91. The van der Waals surface area contributed by atoms with Crippen molar-refractivity contribution in [3.05, 3.63) is 11.9 Å². The topological polar surface area (TPSA) is 9.23 Å². The molecule has 0 aromatic rings. The van der Waals surface area contributed by atoms with E-state index in [1.165, 1.54) is 0 Å². The first-order valence-corrected chi connectivity index (χ1v) is 7.99. The maximum atomic E-state index is 5.59. The maximum Gasteiger partial charge on any atom is 0.140 e. The van der Waals surface area contributed by atoms with Crippen molar-refractivity contribution in [2.75, 3.05) is 13.2 Å². The minimum atomic E-state index is -2.20. The highest BCUT2D eigenvalue weighted by atomic mass is 35.9. The van der Waals surface area contributed by atoms with Gasteiger partial charge in [0.05, 0.1) is 6.61 Å². The van der Waals surface area contributed by atoms with Gasteiger partial charge in [0.15, 0.2) is 0 Å². The zero-order valence-electron chi connectivity index (χ0n) is 6.30. The molecule has 0 spiro atoms. The number of rotatable bonds is 5. The van der Waals surface area contributed by atoms with Crippen molar-refractivity contribution in [3.63, 3.8) is 0 Å². The summed E-state index contributed by atoms with van der Waals surface area (Å²) in [7, 11) is 0. The minimum absolute atomic E-state index is 0.547. The molecule has 11 heavy (non-hydrogen) atoms. The average molecular weight is 233 g/mol. The Morgan fingerprint density at radius 2 is 2.18 bits per heavy atom. The molecule has 0 aromatic heterocycles. The third-order valence-corrected chi connectivity index (χ3v) is 2.44. The predicted octanol–water partition coefficient (Wildman–Crippen LogP) is 3.71. The molecule has 0 bridgehead atoms. The van der Waals surface area contributed by atoms with Crippen LogP contribution in [0.3, 0.4) is 0 Å². The molecule has 1 nitrogen and oxygen atoms in total. The van der Waals surface area contributed by atoms with Crippen molar-refractivity contribution >= 4 is 39.0 Å². The van der Waals surface area contributed by atoms with Gasteiger partial charge in [0.25, 0.3) is 0 Å². The molecule has 66 valence electrons. The van der Waals surface area contributed by atoms with Crippen LogP contribution < -0.4 is 0 Å². The van der Waals surface area contributed by atoms with Crippen LogP contribution in [0.25, 0.3) is 0 Å². The number of ether oxygens (including phenoxy) is 1. The lowest BCUT2D eigenvalue weighted by atomic mass is 10.5. The molecule has 5 heteroatoms. The van der Waals surface area contributed by atoms with Gasteiger partial charge in [0, 0.05) is 6.61 Å². The number of halogens is 2. The van der Waals surface area contributed by atoms with Gasteiger partial charge in [-0.2, -0.15) is 0 Å². The monoisotopic (exact) mass is 232 g/mol. The summed E-state index contributed by atoms with van der Waals surface area (Å²) in [5.74, 6) is 1.64. The van der Waals surface area contributed by atoms with Crippen molar-refractivity contribution in [1.29, 1.82) is 0 Å². The minimum Gasteiger partial charge on any atom is -0.377 e. The van der Waals surface area contributed by atoms with Crippen LogP contribution in [-0.2, 0) is 16.5 Å². The van der Waals surface area contributed by atoms with Gasteiger partial charge in [-0.1, -0.05) is 47.3 Å². The van der Waals surface area contributed by atoms with Crippen molar-refractivity contribution in [2.45, 2.75) is 13.3 Å². The van der Waals surface area contributed by atoms with Gasteiger partial charge in [-0.25, -0.2) is 0 Å². The molecule has 0 fully saturated rings. The van der Waals surface area contributed by atoms with E-state index in [0.717, 1.165) is 13.0 Å². The third-order valence-electron chi connectivity index (χ3n) is 0.841. The lowest BCUT2D eigenvalue weighted by Crippen LogP contribution is -1.90. The second kappa shape index (κ2) is 6.45. The summed E-state index contributed by atoms with van der Waals surface area (Å²) in [6.45, 7) is 3.36. The van der Waals surface area contributed by atoms with E-state index < -0.39 is 4.74 Å². The van der Waals surface area contributed by atoms with E-state index >= 15 is 0 Å². The van der Waals surface area contributed by atoms with Gasteiger partial charge in [-0.15, -0.1) is 0 Å². The smallest absolute Gasteiger partial charge is 0.140 e. The van der Waals surface area contributed by atoms with E-state index in [1.807, 2.05) is 0 Å². The van der Waals surface area contributed by atoms with Crippen LogP contribution in [0, 0.1) is 0 Å². The largest absolute Gasteiger partial charge is 0.377 e. The fraction of sp³-hybridized carbons (Fsp3) is 0.667. The Kier molecular flexibility index (Phi) is 6.99. The van der Waals surface area contributed by atoms with E-state index in [2.05, 4.69) is 6.92 Å². The molecule has 0 unspecified atom stereocenters. The molecule has 0 atom stereocenters. The maximum absolute atomic E-state index is 5.59. The van der Waals surface area contributed by atoms with Crippen LogP contribution in [0.4, 0.5) is 0 Å². The van der Waals surface area contributed by atoms with Crippen molar-refractivity contribution in [1.82, 2.24) is 0 Å².